The molecule has 0 unspecified atom stereocenters. The van der Waals surface area contributed by atoms with E-state index in [0.29, 0.717) is 17.7 Å². The third-order valence-electron chi connectivity index (χ3n) is 6.17. The summed E-state index contributed by atoms with van der Waals surface area (Å²) < 4.78 is 44.4. The Kier molecular flexibility index (Phi) is 7.17. The van der Waals surface area contributed by atoms with E-state index in [4.69, 9.17) is 14.2 Å². The van der Waals surface area contributed by atoms with Gasteiger partial charge in [-0.1, -0.05) is 57.0 Å². The third-order valence-corrected chi connectivity index (χ3v) is 8.15. The maximum atomic E-state index is 13.8. The Labute approximate surface area is 185 Å². The summed E-state index contributed by atoms with van der Waals surface area (Å²) in [5, 5.41) is 3.75. The van der Waals surface area contributed by atoms with Gasteiger partial charge in [-0.3, -0.25) is 5.32 Å². The minimum atomic E-state index is -3.69. The highest BCUT2D eigenvalue weighted by molar-refractivity contribution is 7.91. The first-order valence-corrected chi connectivity index (χ1v) is 12.4. The highest BCUT2D eigenvalue weighted by Gasteiger charge is 2.44. The Morgan fingerprint density at radius 3 is 2.26 bits per heavy atom. The lowest BCUT2D eigenvalue weighted by Crippen LogP contribution is -2.50. The van der Waals surface area contributed by atoms with Crippen molar-refractivity contribution in [2.45, 2.75) is 56.0 Å². The SMILES string of the molecule is CCCC[C@@]1(CC)CS(=O)(=O)c2c(cc(OC)c(OC)c2OC)[C@H](c2ccccc2)N1. The number of sulfone groups is 1. The summed E-state index contributed by atoms with van der Waals surface area (Å²) in [6.07, 6.45) is 3.41. The number of hydrogen-bond acceptors (Lipinski definition) is 6. The molecular formula is C24H33NO5S. The van der Waals surface area contributed by atoms with Crippen molar-refractivity contribution < 1.29 is 22.6 Å². The maximum Gasteiger partial charge on any atom is 0.204 e. The second-order valence-electron chi connectivity index (χ2n) is 8.05. The van der Waals surface area contributed by atoms with Crippen LogP contribution in [-0.4, -0.2) is 41.0 Å². The quantitative estimate of drug-likeness (QED) is 0.641. The van der Waals surface area contributed by atoms with E-state index in [-0.39, 0.29) is 28.2 Å². The van der Waals surface area contributed by atoms with Crippen LogP contribution in [0.2, 0.25) is 0 Å². The van der Waals surface area contributed by atoms with Crippen LogP contribution in [0.1, 0.15) is 56.7 Å². The molecule has 0 saturated heterocycles. The normalized spacial score (nSPS) is 22.3. The van der Waals surface area contributed by atoms with E-state index in [9.17, 15) is 8.42 Å². The zero-order chi connectivity index (χ0) is 22.6. The molecule has 2 aromatic rings. The van der Waals surface area contributed by atoms with E-state index < -0.39 is 15.4 Å². The average molecular weight is 448 g/mol. The van der Waals surface area contributed by atoms with Crippen LogP contribution >= 0.6 is 0 Å². The molecule has 0 amide bonds. The van der Waals surface area contributed by atoms with Crippen LogP contribution in [0.4, 0.5) is 0 Å². The minimum Gasteiger partial charge on any atom is -0.493 e. The molecular weight excluding hydrogens is 414 g/mol. The number of unbranched alkanes of at least 4 members (excludes halogenated alkanes) is 1. The summed E-state index contributed by atoms with van der Waals surface area (Å²) >= 11 is 0. The van der Waals surface area contributed by atoms with Gasteiger partial charge in [0.25, 0.3) is 0 Å². The molecule has 6 nitrogen and oxygen atoms in total. The number of fused-ring (bicyclic) bond motifs is 1. The van der Waals surface area contributed by atoms with Crippen molar-refractivity contribution in [2.24, 2.45) is 0 Å². The Morgan fingerprint density at radius 1 is 1.03 bits per heavy atom. The molecule has 0 bridgehead atoms. The van der Waals surface area contributed by atoms with Crippen molar-refractivity contribution in [2.75, 3.05) is 27.1 Å². The molecule has 170 valence electrons. The Morgan fingerprint density at radius 2 is 1.71 bits per heavy atom. The van der Waals surface area contributed by atoms with Gasteiger partial charge in [-0.25, -0.2) is 8.42 Å². The minimum absolute atomic E-state index is 0.00131. The predicted molar refractivity (Wildman–Crippen MR) is 122 cm³/mol. The lowest BCUT2D eigenvalue weighted by atomic mass is 9.88. The highest BCUT2D eigenvalue weighted by atomic mass is 32.2. The fraction of sp³-hybridized carbons (Fsp3) is 0.500. The fourth-order valence-corrected chi connectivity index (χ4v) is 6.79. The summed E-state index contributed by atoms with van der Waals surface area (Å²) in [5.41, 5.74) is 1.05. The first-order chi connectivity index (χ1) is 14.9. The zero-order valence-corrected chi connectivity index (χ0v) is 19.8. The van der Waals surface area contributed by atoms with Gasteiger partial charge in [0.15, 0.2) is 21.3 Å². The smallest absolute Gasteiger partial charge is 0.204 e. The van der Waals surface area contributed by atoms with Gasteiger partial charge >= 0.3 is 0 Å². The Bertz CT molecular complexity index is 1010. The number of methoxy groups -OCH3 is 3. The van der Waals surface area contributed by atoms with Crippen molar-refractivity contribution >= 4 is 9.84 Å². The highest BCUT2D eigenvalue weighted by Crippen LogP contribution is 2.49. The van der Waals surface area contributed by atoms with Crippen LogP contribution in [0, 0.1) is 0 Å². The third kappa shape index (κ3) is 4.39. The Balaban J connectivity index is 2.37. The van der Waals surface area contributed by atoms with Crippen molar-refractivity contribution in [3.05, 3.63) is 47.5 Å². The molecule has 0 aromatic heterocycles. The van der Waals surface area contributed by atoms with Gasteiger partial charge in [-0.05, 0) is 30.0 Å². The van der Waals surface area contributed by atoms with Crippen LogP contribution in [-0.2, 0) is 9.84 Å². The number of benzene rings is 2. The number of hydrogen-bond donors (Lipinski definition) is 1. The van der Waals surface area contributed by atoms with E-state index in [1.54, 1.807) is 6.07 Å². The van der Waals surface area contributed by atoms with Crippen LogP contribution in [0.5, 0.6) is 17.2 Å². The van der Waals surface area contributed by atoms with Gasteiger partial charge < -0.3 is 14.2 Å². The zero-order valence-electron chi connectivity index (χ0n) is 19.0. The van der Waals surface area contributed by atoms with Crippen LogP contribution in [0.15, 0.2) is 41.3 Å². The van der Waals surface area contributed by atoms with Gasteiger partial charge in [0, 0.05) is 5.54 Å². The van der Waals surface area contributed by atoms with Gasteiger partial charge in [-0.15, -0.1) is 0 Å². The van der Waals surface area contributed by atoms with E-state index in [1.165, 1.54) is 21.3 Å². The molecule has 1 heterocycles. The predicted octanol–water partition coefficient (Wildman–Crippen LogP) is 4.52. The molecule has 0 spiro atoms. The van der Waals surface area contributed by atoms with E-state index in [2.05, 4.69) is 19.2 Å². The molecule has 1 aliphatic rings. The molecule has 0 radical (unpaired) electrons. The largest absolute Gasteiger partial charge is 0.493 e. The van der Waals surface area contributed by atoms with Gasteiger partial charge in [0.05, 0.1) is 33.1 Å². The van der Waals surface area contributed by atoms with Gasteiger partial charge in [-0.2, -0.15) is 0 Å². The molecule has 2 atom stereocenters. The van der Waals surface area contributed by atoms with Crippen molar-refractivity contribution in [1.82, 2.24) is 5.32 Å². The van der Waals surface area contributed by atoms with Gasteiger partial charge in [0.2, 0.25) is 5.75 Å². The lowest BCUT2D eigenvalue weighted by Gasteiger charge is -2.35. The maximum absolute atomic E-state index is 13.8. The van der Waals surface area contributed by atoms with Crippen LogP contribution < -0.4 is 19.5 Å². The monoisotopic (exact) mass is 447 g/mol. The van der Waals surface area contributed by atoms with Crippen molar-refractivity contribution in [1.29, 1.82) is 0 Å². The summed E-state index contributed by atoms with van der Waals surface area (Å²) in [6.45, 7) is 4.17. The molecule has 1 aliphatic heterocycles. The van der Waals surface area contributed by atoms with Crippen LogP contribution in [0.3, 0.4) is 0 Å². The molecule has 0 fully saturated rings. The summed E-state index contributed by atoms with van der Waals surface area (Å²) in [7, 11) is 0.798. The van der Waals surface area contributed by atoms with Crippen molar-refractivity contribution in [3.8, 4) is 17.2 Å². The van der Waals surface area contributed by atoms with E-state index in [0.717, 1.165) is 24.8 Å². The lowest BCUT2D eigenvalue weighted by molar-refractivity contribution is 0.293. The molecule has 7 heteroatoms. The number of rotatable bonds is 8. The average Bonchev–Trinajstić information content (AvgIpc) is 2.89. The second-order valence-corrected chi connectivity index (χ2v) is 9.97. The molecule has 31 heavy (non-hydrogen) atoms. The van der Waals surface area contributed by atoms with Gasteiger partial charge in [0.1, 0.15) is 4.90 Å². The standard InChI is InChI=1S/C24H33NO5S/c1-6-8-14-24(7-2)16-31(26,27)23-18(20(25-24)17-12-10-9-11-13-17)15-19(28-3)21(29-4)22(23)30-5/h9-13,15,20,25H,6-8,14,16H2,1-5H3/t20-,24-/m0/s1. The molecule has 0 saturated carbocycles. The molecule has 2 aromatic carbocycles. The first kappa shape index (κ1) is 23.4. The molecule has 1 N–H and O–H groups in total. The van der Waals surface area contributed by atoms with E-state index in [1.807, 2.05) is 30.3 Å². The Hall–Kier alpha value is -2.25. The summed E-state index contributed by atoms with van der Waals surface area (Å²) in [4.78, 5) is 0.181. The summed E-state index contributed by atoms with van der Waals surface area (Å²) in [6, 6.07) is 11.4. The fourth-order valence-electron chi connectivity index (χ4n) is 4.49. The van der Waals surface area contributed by atoms with Crippen molar-refractivity contribution in [3.63, 3.8) is 0 Å². The van der Waals surface area contributed by atoms with Crippen LogP contribution in [0.25, 0.3) is 0 Å². The topological polar surface area (TPSA) is 73.9 Å². The summed E-state index contributed by atoms with van der Waals surface area (Å²) in [5.74, 6) is 0.922. The first-order valence-electron chi connectivity index (χ1n) is 10.7. The number of ether oxygens (including phenoxy) is 3. The van der Waals surface area contributed by atoms with E-state index >= 15 is 0 Å². The second kappa shape index (κ2) is 9.49. The molecule has 0 aliphatic carbocycles. The number of nitrogens with one attached hydrogen (secondary N) is 1. The molecule has 3 rings (SSSR count).